The molecule has 0 bridgehead atoms. The number of aromatic nitrogens is 2. The lowest BCUT2D eigenvalue weighted by Crippen LogP contribution is -2.37. The van der Waals surface area contributed by atoms with E-state index < -0.39 is 6.04 Å². The molecule has 3 rings (SSSR count). The molecule has 1 aromatic heterocycles. The molecule has 3 heterocycles. The van der Waals surface area contributed by atoms with E-state index >= 15 is 0 Å². The Morgan fingerprint density at radius 2 is 2.24 bits per heavy atom. The Balaban J connectivity index is 1.52. The Bertz CT molecular complexity index is 522. The molecule has 0 spiro atoms. The molecular formula is C14H20N4O3. The third kappa shape index (κ3) is 3.60. The summed E-state index contributed by atoms with van der Waals surface area (Å²) >= 11 is 0. The SMILES string of the molecule is O=C1CC[C@@H](C(=O)Nc2cnn(CC3CCOCC3)c2)N1. The Morgan fingerprint density at radius 1 is 1.43 bits per heavy atom. The van der Waals surface area contributed by atoms with Crippen LogP contribution in [0.2, 0.25) is 0 Å². The van der Waals surface area contributed by atoms with Crippen LogP contribution >= 0.6 is 0 Å². The molecule has 7 heteroatoms. The van der Waals surface area contributed by atoms with Crippen LogP contribution in [0.1, 0.15) is 25.7 Å². The number of carbonyl (C=O) groups is 2. The maximum atomic E-state index is 12.0. The van der Waals surface area contributed by atoms with Gasteiger partial charge in [-0.3, -0.25) is 14.3 Å². The van der Waals surface area contributed by atoms with Gasteiger partial charge in [-0.1, -0.05) is 0 Å². The monoisotopic (exact) mass is 292 g/mol. The zero-order valence-electron chi connectivity index (χ0n) is 11.9. The third-order valence-corrected chi connectivity index (χ3v) is 4.00. The van der Waals surface area contributed by atoms with Crippen LogP contribution in [0.15, 0.2) is 12.4 Å². The first-order chi connectivity index (χ1) is 10.2. The fourth-order valence-corrected chi connectivity index (χ4v) is 2.76. The van der Waals surface area contributed by atoms with Crippen molar-refractivity contribution in [2.45, 2.75) is 38.3 Å². The van der Waals surface area contributed by atoms with Crippen LogP contribution in [0.5, 0.6) is 0 Å². The molecule has 1 aromatic rings. The largest absolute Gasteiger partial charge is 0.381 e. The molecule has 1 atom stereocenters. The number of rotatable bonds is 4. The molecule has 2 aliphatic heterocycles. The van der Waals surface area contributed by atoms with Crippen molar-refractivity contribution >= 4 is 17.5 Å². The lowest BCUT2D eigenvalue weighted by atomic mass is 10.0. The van der Waals surface area contributed by atoms with Crippen LogP contribution in [-0.4, -0.2) is 40.9 Å². The lowest BCUT2D eigenvalue weighted by Gasteiger charge is -2.21. The minimum absolute atomic E-state index is 0.0645. The van der Waals surface area contributed by atoms with Crippen molar-refractivity contribution in [1.29, 1.82) is 0 Å². The summed E-state index contributed by atoms with van der Waals surface area (Å²) in [6.07, 6.45) is 6.56. The first kappa shape index (κ1) is 14.1. The summed E-state index contributed by atoms with van der Waals surface area (Å²) in [4.78, 5) is 23.1. The van der Waals surface area contributed by atoms with E-state index in [0.717, 1.165) is 32.6 Å². The number of anilines is 1. The van der Waals surface area contributed by atoms with Crippen LogP contribution in [-0.2, 0) is 20.9 Å². The smallest absolute Gasteiger partial charge is 0.247 e. The van der Waals surface area contributed by atoms with Crippen molar-refractivity contribution in [1.82, 2.24) is 15.1 Å². The normalized spacial score (nSPS) is 23.0. The maximum Gasteiger partial charge on any atom is 0.247 e. The fraction of sp³-hybridized carbons (Fsp3) is 0.643. The molecule has 0 aromatic carbocycles. The Morgan fingerprint density at radius 3 is 2.95 bits per heavy atom. The second-order valence-corrected chi connectivity index (χ2v) is 5.65. The summed E-state index contributed by atoms with van der Waals surface area (Å²) in [6.45, 7) is 2.48. The van der Waals surface area contributed by atoms with Gasteiger partial charge in [-0.2, -0.15) is 5.10 Å². The van der Waals surface area contributed by atoms with Crippen molar-refractivity contribution in [3.8, 4) is 0 Å². The minimum Gasteiger partial charge on any atom is -0.381 e. The number of hydrogen-bond acceptors (Lipinski definition) is 4. The maximum absolute atomic E-state index is 12.0. The minimum atomic E-state index is -0.420. The van der Waals surface area contributed by atoms with Gasteiger partial charge < -0.3 is 15.4 Å². The number of nitrogens with one attached hydrogen (secondary N) is 2. The molecular weight excluding hydrogens is 272 g/mol. The highest BCUT2D eigenvalue weighted by molar-refractivity contribution is 5.98. The average Bonchev–Trinajstić information content (AvgIpc) is 3.09. The first-order valence-corrected chi connectivity index (χ1v) is 7.41. The Kier molecular flexibility index (Phi) is 4.19. The quantitative estimate of drug-likeness (QED) is 0.847. The van der Waals surface area contributed by atoms with E-state index in [1.807, 2.05) is 10.9 Å². The summed E-state index contributed by atoms with van der Waals surface area (Å²) in [7, 11) is 0. The van der Waals surface area contributed by atoms with Gasteiger partial charge in [-0.05, 0) is 25.2 Å². The van der Waals surface area contributed by atoms with Gasteiger partial charge in [-0.25, -0.2) is 0 Å². The zero-order chi connectivity index (χ0) is 14.7. The molecule has 2 N–H and O–H groups in total. The van der Waals surface area contributed by atoms with Crippen molar-refractivity contribution in [2.24, 2.45) is 5.92 Å². The summed E-state index contributed by atoms with van der Waals surface area (Å²) < 4.78 is 7.20. The highest BCUT2D eigenvalue weighted by Crippen LogP contribution is 2.18. The molecule has 2 fully saturated rings. The Hall–Kier alpha value is -1.89. The molecule has 21 heavy (non-hydrogen) atoms. The van der Waals surface area contributed by atoms with Crippen molar-refractivity contribution in [3.05, 3.63) is 12.4 Å². The van der Waals surface area contributed by atoms with Crippen molar-refractivity contribution < 1.29 is 14.3 Å². The molecule has 0 saturated carbocycles. The second-order valence-electron chi connectivity index (χ2n) is 5.65. The lowest BCUT2D eigenvalue weighted by molar-refractivity contribution is -0.122. The highest BCUT2D eigenvalue weighted by atomic mass is 16.5. The van der Waals surface area contributed by atoms with Gasteiger partial charge in [-0.15, -0.1) is 0 Å². The molecule has 0 radical (unpaired) electrons. The average molecular weight is 292 g/mol. The second kappa shape index (κ2) is 6.26. The van der Waals surface area contributed by atoms with E-state index in [9.17, 15) is 9.59 Å². The molecule has 2 aliphatic rings. The summed E-state index contributed by atoms with van der Waals surface area (Å²) in [5.41, 5.74) is 0.674. The summed E-state index contributed by atoms with van der Waals surface area (Å²) in [5, 5.41) is 9.73. The molecule has 114 valence electrons. The molecule has 2 amide bonds. The van der Waals surface area contributed by atoms with Crippen LogP contribution in [0, 0.1) is 5.92 Å². The van der Waals surface area contributed by atoms with Gasteiger partial charge in [0.2, 0.25) is 11.8 Å². The first-order valence-electron chi connectivity index (χ1n) is 7.41. The van der Waals surface area contributed by atoms with Crippen LogP contribution in [0.25, 0.3) is 0 Å². The van der Waals surface area contributed by atoms with Gasteiger partial charge in [0.25, 0.3) is 0 Å². The van der Waals surface area contributed by atoms with Crippen molar-refractivity contribution in [3.63, 3.8) is 0 Å². The van der Waals surface area contributed by atoms with E-state index in [4.69, 9.17) is 4.74 Å². The van der Waals surface area contributed by atoms with Crippen LogP contribution in [0.4, 0.5) is 5.69 Å². The topological polar surface area (TPSA) is 85.2 Å². The van der Waals surface area contributed by atoms with Crippen LogP contribution in [0.3, 0.4) is 0 Å². The summed E-state index contributed by atoms with van der Waals surface area (Å²) in [5.74, 6) is 0.341. The summed E-state index contributed by atoms with van der Waals surface area (Å²) in [6, 6.07) is -0.420. The van der Waals surface area contributed by atoms with E-state index in [2.05, 4.69) is 15.7 Å². The Labute approximate surface area is 123 Å². The molecule has 0 unspecified atom stereocenters. The molecule has 2 saturated heterocycles. The van der Waals surface area contributed by atoms with Gasteiger partial charge in [0, 0.05) is 32.4 Å². The van der Waals surface area contributed by atoms with Gasteiger partial charge in [0.05, 0.1) is 11.9 Å². The van der Waals surface area contributed by atoms with E-state index in [-0.39, 0.29) is 11.8 Å². The van der Waals surface area contributed by atoms with Gasteiger partial charge >= 0.3 is 0 Å². The van der Waals surface area contributed by atoms with Gasteiger partial charge in [0.1, 0.15) is 6.04 Å². The number of carbonyl (C=O) groups excluding carboxylic acids is 2. The predicted molar refractivity (Wildman–Crippen MR) is 75.6 cm³/mol. The number of amides is 2. The van der Waals surface area contributed by atoms with E-state index in [1.54, 1.807) is 6.20 Å². The highest BCUT2D eigenvalue weighted by Gasteiger charge is 2.27. The number of hydrogen-bond donors (Lipinski definition) is 2. The van der Waals surface area contributed by atoms with Crippen LogP contribution < -0.4 is 10.6 Å². The fourth-order valence-electron chi connectivity index (χ4n) is 2.76. The third-order valence-electron chi connectivity index (χ3n) is 4.00. The zero-order valence-corrected chi connectivity index (χ0v) is 11.9. The van der Waals surface area contributed by atoms with E-state index in [0.29, 0.717) is 24.4 Å². The standard InChI is InChI=1S/C14H20N4O3/c19-13-2-1-12(17-13)14(20)16-11-7-15-18(9-11)8-10-3-5-21-6-4-10/h7,9-10,12H,1-6,8H2,(H,16,20)(H,17,19)/t12-/m0/s1. The van der Waals surface area contributed by atoms with Crippen molar-refractivity contribution in [2.75, 3.05) is 18.5 Å². The molecule has 0 aliphatic carbocycles. The predicted octanol–water partition coefficient (Wildman–Crippen LogP) is 0.527. The van der Waals surface area contributed by atoms with Gasteiger partial charge in [0.15, 0.2) is 0 Å². The number of ether oxygens (including phenoxy) is 1. The number of nitrogens with zero attached hydrogens (tertiary/aromatic N) is 2. The van der Waals surface area contributed by atoms with E-state index in [1.165, 1.54) is 0 Å². The molecule has 7 nitrogen and oxygen atoms in total.